The molecule has 0 heterocycles. The molecule has 0 saturated carbocycles. The van der Waals surface area contributed by atoms with Gasteiger partial charge in [0.1, 0.15) is 6.61 Å². The third-order valence-corrected chi connectivity index (χ3v) is 3.09. The first-order chi connectivity index (χ1) is 9.74. The van der Waals surface area contributed by atoms with Gasteiger partial charge in [0.05, 0.1) is 6.61 Å². The van der Waals surface area contributed by atoms with Gasteiger partial charge in [-0.1, -0.05) is 35.9 Å². The SMILES string of the molecule is CCOc1cccc(CN)c1OCc1cccc(Cl)c1. The second kappa shape index (κ2) is 7.17. The van der Waals surface area contributed by atoms with E-state index in [1.54, 1.807) is 0 Å². The Bertz CT molecular complexity index is 572. The van der Waals surface area contributed by atoms with Crippen molar-refractivity contribution in [3.05, 3.63) is 58.6 Å². The molecule has 106 valence electrons. The fourth-order valence-corrected chi connectivity index (χ4v) is 2.15. The quantitative estimate of drug-likeness (QED) is 0.881. The van der Waals surface area contributed by atoms with E-state index in [0.717, 1.165) is 16.9 Å². The Balaban J connectivity index is 2.19. The summed E-state index contributed by atoms with van der Waals surface area (Å²) >= 11 is 5.97. The molecule has 3 nitrogen and oxygen atoms in total. The molecular formula is C16H18ClNO2. The number of hydrogen-bond acceptors (Lipinski definition) is 3. The minimum absolute atomic E-state index is 0.409. The molecule has 20 heavy (non-hydrogen) atoms. The molecule has 0 atom stereocenters. The molecule has 0 saturated heterocycles. The largest absolute Gasteiger partial charge is 0.490 e. The van der Waals surface area contributed by atoms with E-state index in [1.807, 2.05) is 49.4 Å². The van der Waals surface area contributed by atoms with E-state index in [4.69, 9.17) is 26.8 Å². The number of ether oxygens (including phenoxy) is 2. The van der Waals surface area contributed by atoms with Crippen LogP contribution in [-0.4, -0.2) is 6.61 Å². The third kappa shape index (κ3) is 3.65. The molecule has 0 amide bonds. The van der Waals surface area contributed by atoms with E-state index in [1.165, 1.54) is 0 Å². The number of para-hydroxylation sites is 1. The highest BCUT2D eigenvalue weighted by molar-refractivity contribution is 6.30. The average molecular weight is 292 g/mol. The maximum absolute atomic E-state index is 5.97. The summed E-state index contributed by atoms with van der Waals surface area (Å²) in [6.07, 6.45) is 0. The van der Waals surface area contributed by atoms with Crippen molar-refractivity contribution in [3.63, 3.8) is 0 Å². The van der Waals surface area contributed by atoms with Gasteiger partial charge in [0, 0.05) is 17.1 Å². The van der Waals surface area contributed by atoms with E-state index >= 15 is 0 Å². The normalized spacial score (nSPS) is 10.3. The summed E-state index contributed by atoms with van der Waals surface area (Å²) in [5, 5.41) is 0.697. The summed E-state index contributed by atoms with van der Waals surface area (Å²) in [5.41, 5.74) is 7.69. The Morgan fingerprint density at radius 3 is 2.60 bits per heavy atom. The third-order valence-electron chi connectivity index (χ3n) is 2.85. The lowest BCUT2D eigenvalue weighted by Gasteiger charge is -2.15. The lowest BCUT2D eigenvalue weighted by Crippen LogP contribution is -2.05. The smallest absolute Gasteiger partial charge is 0.166 e. The van der Waals surface area contributed by atoms with Crippen LogP contribution in [0.3, 0.4) is 0 Å². The molecule has 2 aromatic rings. The number of rotatable bonds is 6. The van der Waals surface area contributed by atoms with Crippen molar-refractivity contribution in [2.45, 2.75) is 20.1 Å². The highest BCUT2D eigenvalue weighted by Gasteiger charge is 2.10. The molecule has 0 aliphatic heterocycles. The van der Waals surface area contributed by atoms with Crippen molar-refractivity contribution in [2.75, 3.05) is 6.61 Å². The van der Waals surface area contributed by atoms with E-state index in [2.05, 4.69) is 0 Å². The highest BCUT2D eigenvalue weighted by Crippen LogP contribution is 2.32. The molecule has 0 bridgehead atoms. The van der Waals surface area contributed by atoms with Crippen LogP contribution >= 0.6 is 11.6 Å². The molecule has 2 N–H and O–H groups in total. The van der Waals surface area contributed by atoms with Crippen molar-refractivity contribution in [2.24, 2.45) is 5.73 Å². The van der Waals surface area contributed by atoms with Crippen LogP contribution in [0.15, 0.2) is 42.5 Å². The van der Waals surface area contributed by atoms with Gasteiger partial charge in [-0.3, -0.25) is 0 Å². The predicted molar refractivity (Wildman–Crippen MR) is 81.3 cm³/mol. The Morgan fingerprint density at radius 1 is 1.10 bits per heavy atom. The molecule has 0 aliphatic carbocycles. The topological polar surface area (TPSA) is 44.5 Å². The van der Waals surface area contributed by atoms with E-state index in [-0.39, 0.29) is 0 Å². The van der Waals surface area contributed by atoms with E-state index < -0.39 is 0 Å². The van der Waals surface area contributed by atoms with Crippen LogP contribution in [0, 0.1) is 0 Å². The Hall–Kier alpha value is -1.71. The summed E-state index contributed by atoms with van der Waals surface area (Å²) in [6.45, 7) is 3.36. The van der Waals surface area contributed by atoms with Gasteiger partial charge in [0.15, 0.2) is 11.5 Å². The summed E-state index contributed by atoms with van der Waals surface area (Å²) in [6, 6.07) is 13.3. The molecule has 0 spiro atoms. The fourth-order valence-electron chi connectivity index (χ4n) is 1.94. The first-order valence-corrected chi connectivity index (χ1v) is 6.94. The molecule has 0 fully saturated rings. The van der Waals surface area contributed by atoms with Crippen molar-refractivity contribution in [1.29, 1.82) is 0 Å². The number of benzene rings is 2. The Morgan fingerprint density at radius 2 is 1.90 bits per heavy atom. The molecule has 4 heteroatoms. The molecule has 0 aromatic heterocycles. The van der Waals surface area contributed by atoms with Crippen molar-refractivity contribution >= 4 is 11.6 Å². The first kappa shape index (κ1) is 14.7. The average Bonchev–Trinajstić information content (AvgIpc) is 2.46. The maximum Gasteiger partial charge on any atom is 0.166 e. The van der Waals surface area contributed by atoms with Gasteiger partial charge >= 0.3 is 0 Å². The lowest BCUT2D eigenvalue weighted by molar-refractivity contribution is 0.267. The lowest BCUT2D eigenvalue weighted by atomic mass is 10.2. The van der Waals surface area contributed by atoms with Crippen LogP contribution in [0.4, 0.5) is 0 Å². The van der Waals surface area contributed by atoms with Crippen LogP contribution in [0.2, 0.25) is 5.02 Å². The number of hydrogen-bond donors (Lipinski definition) is 1. The van der Waals surface area contributed by atoms with Crippen molar-refractivity contribution in [3.8, 4) is 11.5 Å². The van der Waals surface area contributed by atoms with Crippen LogP contribution < -0.4 is 15.2 Å². The van der Waals surface area contributed by atoms with E-state index in [9.17, 15) is 0 Å². The van der Waals surface area contributed by atoms with Gasteiger partial charge in [-0.15, -0.1) is 0 Å². The molecule has 0 unspecified atom stereocenters. The van der Waals surface area contributed by atoms with Gasteiger partial charge in [-0.05, 0) is 30.7 Å². The minimum Gasteiger partial charge on any atom is -0.490 e. The van der Waals surface area contributed by atoms with Gasteiger partial charge in [-0.2, -0.15) is 0 Å². The molecule has 2 aromatic carbocycles. The molecule has 0 radical (unpaired) electrons. The van der Waals surface area contributed by atoms with Crippen LogP contribution in [0.1, 0.15) is 18.1 Å². The molecule has 0 aliphatic rings. The highest BCUT2D eigenvalue weighted by atomic mass is 35.5. The van der Waals surface area contributed by atoms with Gasteiger partial charge < -0.3 is 15.2 Å². The second-order valence-corrected chi connectivity index (χ2v) is 4.74. The first-order valence-electron chi connectivity index (χ1n) is 6.56. The van der Waals surface area contributed by atoms with Crippen LogP contribution in [0.25, 0.3) is 0 Å². The van der Waals surface area contributed by atoms with Gasteiger partial charge in [-0.25, -0.2) is 0 Å². The standard InChI is InChI=1S/C16H18ClNO2/c1-2-19-15-8-4-6-13(10-18)16(15)20-11-12-5-3-7-14(17)9-12/h3-9H,2,10-11,18H2,1H3. The number of nitrogens with two attached hydrogens (primary N) is 1. The molecular weight excluding hydrogens is 274 g/mol. The maximum atomic E-state index is 5.97. The van der Waals surface area contributed by atoms with Crippen molar-refractivity contribution < 1.29 is 9.47 Å². The summed E-state index contributed by atoms with van der Waals surface area (Å²) < 4.78 is 11.5. The predicted octanol–water partition coefficient (Wildman–Crippen LogP) is 3.78. The second-order valence-electron chi connectivity index (χ2n) is 4.30. The summed E-state index contributed by atoms with van der Waals surface area (Å²) in [7, 11) is 0. The Kier molecular flexibility index (Phi) is 5.27. The minimum atomic E-state index is 0.409. The zero-order chi connectivity index (χ0) is 14.4. The fraction of sp³-hybridized carbons (Fsp3) is 0.250. The zero-order valence-electron chi connectivity index (χ0n) is 11.4. The Labute approximate surface area is 124 Å². The van der Waals surface area contributed by atoms with Crippen LogP contribution in [-0.2, 0) is 13.2 Å². The van der Waals surface area contributed by atoms with E-state index in [0.29, 0.717) is 30.5 Å². The summed E-state index contributed by atoms with van der Waals surface area (Å²) in [5.74, 6) is 1.43. The van der Waals surface area contributed by atoms with Crippen molar-refractivity contribution in [1.82, 2.24) is 0 Å². The molecule has 2 rings (SSSR count). The van der Waals surface area contributed by atoms with Crippen LogP contribution in [0.5, 0.6) is 11.5 Å². The zero-order valence-corrected chi connectivity index (χ0v) is 12.2. The number of halogens is 1. The monoisotopic (exact) mass is 291 g/mol. The summed E-state index contributed by atoms with van der Waals surface area (Å²) in [4.78, 5) is 0. The van der Waals surface area contributed by atoms with Gasteiger partial charge in [0.25, 0.3) is 0 Å². The van der Waals surface area contributed by atoms with Gasteiger partial charge in [0.2, 0.25) is 0 Å².